The summed E-state index contributed by atoms with van der Waals surface area (Å²) in [6.45, 7) is 7.03. The van der Waals surface area contributed by atoms with Gasteiger partial charge in [-0.05, 0) is 32.9 Å². The van der Waals surface area contributed by atoms with Crippen LogP contribution in [0.5, 0.6) is 0 Å². The van der Waals surface area contributed by atoms with E-state index < -0.39 is 23.7 Å². The first-order valence-corrected chi connectivity index (χ1v) is 5.81. The molecule has 5 nitrogen and oxygen atoms in total. The Kier molecular flexibility index (Phi) is 4.53. The highest BCUT2D eigenvalue weighted by Gasteiger charge is 2.26. The number of amides is 1. The van der Waals surface area contributed by atoms with Crippen LogP contribution in [0, 0.1) is 5.92 Å². The molecule has 0 spiro atoms. The van der Waals surface area contributed by atoms with Gasteiger partial charge in [0.2, 0.25) is 0 Å². The van der Waals surface area contributed by atoms with Gasteiger partial charge in [-0.2, -0.15) is 0 Å². The first-order chi connectivity index (χ1) is 8.33. The van der Waals surface area contributed by atoms with Crippen LogP contribution in [-0.4, -0.2) is 18.0 Å². The van der Waals surface area contributed by atoms with Gasteiger partial charge in [0.15, 0.2) is 0 Å². The minimum Gasteiger partial charge on any atom is -0.467 e. The number of hydrogen-bond acceptors (Lipinski definition) is 4. The van der Waals surface area contributed by atoms with E-state index >= 15 is 0 Å². The summed E-state index contributed by atoms with van der Waals surface area (Å²) >= 11 is 0. The maximum Gasteiger partial charge on any atom is 0.408 e. The lowest BCUT2D eigenvalue weighted by Crippen LogP contribution is -2.37. The normalized spacial score (nSPS) is 14.7. The van der Waals surface area contributed by atoms with Crippen LogP contribution in [0.4, 0.5) is 4.79 Å². The molecule has 0 aromatic carbocycles. The summed E-state index contributed by atoms with van der Waals surface area (Å²) in [4.78, 5) is 22.6. The average Bonchev–Trinajstić information content (AvgIpc) is 2.75. The molecule has 0 aliphatic rings. The Bertz CT molecular complexity index is 392. The number of rotatable bonds is 4. The largest absolute Gasteiger partial charge is 0.467 e. The predicted molar refractivity (Wildman–Crippen MR) is 66.0 cm³/mol. The maximum absolute atomic E-state index is 11.7. The number of furan rings is 1. The summed E-state index contributed by atoms with van der Waals surface area (Å²) in [6, 6.07) is 2.89. The Labute approximate surface area is 106 Å². The van der Waals surface area contributed by atoms with Crippen LogP contribution >= 0.6 is 0 Å². The van der Waals surface area contributed by atoms with E-state index in [-0.39, 0.29) is 0 Å². The van der Waals surface area contributed by atoms with Gasteiger partial charge in [0.25, 0.3) is 0 Å². The third-order valence-corrected chi connectivity index (χ3v) is 2.26. The number of carbonyl (C=O) groups is 2. The molecular weight excluding hydrogens is 234 g/mol. The Balaban J connectivity index is 2.74. The molecule has 0 fully saturated rings. The number of carbonyl (C=O) groups excluding carboxylic acids is 2. The Morgan fingerprint density at radius 3 is 2.61 bits per heavy atom. The van der Waals surface area contributed by atoms with Crippen molar-refractivity contribution < 1.29 is 18.7 Å². The van der Waals surface area contributed by atoms with E-state index in [1.807, 2.05) is 0 Å². The molecule has 5 heteroatoms. The minimum atomic E-state index is -0.581. The molecule has 18 heavy (non-hydrogen) atoms. The quantitative estimate of drug-likeness (QED) is 0.837. The minimum absolute atomic E-state index is 0.399. The topological polar surface area (TPSA) is 68.5 Å². The number of nitrogens with one attached hydrogen (secondary N) is 1. The van der Waals surface area contributed by atoms with E-state index in [1.54, 1.807) is 39.8 Å². The van der Waals surface area contributed by atoms with Crippen molar-refractivity contribution in [2.24, 2.45) is 5.92 Å². The summed E-state index contributed by atoms with van der Waals surface area (Å²) in [5.74, 6) is 0.129. The number of hydrogen-bond donors (Lipinski definition) is 1. The summed E-state index contributed by atoms with van der Waals surface area (Å²) < 4.78 is 10.4. The summed E-state index contributed by atoms with van der Waals surface area (Å²) in [5, 5.41) is 2.64. The third-order valence-electron chi connectivity index (χ3n) is 2.26. The van der Waals surface area contributed by atoms with Crippen molar-refractivity contribution in [1.29, 1.82) is 0 Å². The van der Waals surface area contributed by atoms with Crippen LogP contribution in [0.25, 0.3) is 0 Å². The van der Waals surface area contributed by atoms with Gasteiger partial charge in [-0.3, -0.25) is 0 Å². The van der Waals surface area contributed by atoms with Gasteiger partial charge in [-0.15, -0.1) is 0 Å². The van der Waals surface area contributed by atoms with E-state index in [2.05, 4.69) is 5.32 Å². The van der Waals surface area contributed by atoms with Gasteiger partial charge < -0.3 is 19.3 Å². The van der Waals surface area contributed by atoms with E-state index in [4.69, 9.17) is 9.15 Å². The van der Waals surface area contributed by atoms with Gasteiger partial charge in [0.1, 0.15) is 17.6 Å². The van der Waals surface area contributed by atoms with Crippen molar-refractivity contribution in [3.05, 3.63) is 24.2 Å². The van der Waals surface area contributed by atoms with Crippen LogP contribution in [0.15, 0.2) is 22.8 Å². The highest BCUT2D eigenvalue weighted by Crippen LogP contribution is 2.21. The van der Waals surface area contributed by atoms with E-state index in [0.29, 0.717) is 5.76 Å². The molecule has 2 atom stereocenters. The molecule has 0 saturated carbocycles. The second-order valence-corrected chi connectivity index (χ2v) is 5.13. The van der Waals surface area contributed by atoms with Crippen molar-refractivity contribution >= 4 is 12.4 Å². The second kappa shape index (κ2) is 5.71. The Morgan fingerprint density at radius 2 is 2.17 bits per heavy atom. The van der Waals surface area contributed by atoms with Gasteiger partial charge in [-0.25, -0.2) is 4.79 Å². The smallest absolute Gasteiger partial charge is 0.408 e. The van der Waals surface area contributed by atoms with E-state index in [9.17, 15) is 9.59 Å². The molecule has 1 N–H and O–H groups in total. The Hall–Kier alpha value is -1.78. The molecule has 100 valence electrons. The second-order valence-electron chi connectivity index (χ2n) is 5.13. The fourth-order valence-electron chi connectivity index (χ4n) is 1.44. The SMILES string of the molecule is CC(C=O)[C@H](NC(=O)OC(C)(C)C)c1ccco1. The number of alkyl carbamates (subject to hydrolysis) is 1. The zero-order chi connectivity index (χ0) is 13.8. The lowest BCUT2D eigenvalue weighted by Gasteiger charge is -2.24. The highest BCUT2D eigenvalue weighted by molar-refractivity contribution is 5.69. The van der Waals surface area contributed by atoms with Crippen molar-refractivity contribution in [2.75, 3.05) is 0 Å². The Morgan fingerprint density at radius 1 is 1.50 bits per heavy atom. The lowest BCUT2D eigenvalue weighted by atomic mass is 10.0. The number of ether oxygens (including phenoxy) is 1. The first kappa shape index (κ1) is 14.3. The summed E-state index contributed by atoms with van der Waals surface area (Å²) in [7, 11) is 0. The van der Waals surface area contributed by atoms with Crippen molar-refractivity contribution in [2.45, 2.75) is 39.3 Å². The van der Waals surface area contributed by atoms with Crippen LogP contribution in [0.3, 0.4) is 0 Å². The van der Waals surface area contributed by atoms with Gasteiger partial charge >= 0.3 is 6.09 Å². The fourth-order valence-corrected chi connectivity index (χ4v) is 1.44. The predicted octanol–water partition coefficient (Wildman–Crippen LogP) is 2.68. The lowest BCUT2D eigenvalue weighted by molar-refractivity contribution is -0.111. The fraction of sp³-hybridized carbons (Fsp3) is 0.538. The highest BCUT2D eigenvalue weighted by atomic mass is 16.6. The average molecular weight is 253 g/mol. The summed E-state index contributed by atoms with van der Waals surface area (Å²) in [5.41, 5.74) is -0.581. The standard InChI is InChI=1S/C13H19NO4/c1-9(8-15)11(10-6-5-7-17-10)14-12(16)18-13(2,3)4/h5-9,11H,1-4H3,(H,14,16)/t9?,11-/m0/s1. The molecule has 1 rings (SSSR count). The van der Waals surface area contributed by atoms with Crippen LogP contribution in [0.2, 0.25) is 0 Å². The van der Waals surface area contributed by atoms with Crippen molar-refractivity contribution in [1.82, 2.24) is 5.32 Å². The monoisotopic (exact) mass is 253 g/mol. The van der Waals surface area contributed by atoms with Gasteiger partial charge in [-0.1, -0.05) is 6.92 Å². The first-order valence-electron chi connectivity index (χ1n) is 5.81. The number of aldehydes is 1. The molecule has 1 amide bonds. The summed E-state index contributed by atoms with van der Waals surface area (Å²) in [6.07, 6.45) is 1.69. The van der Waals surface area contributed by atoms with Crippen molar-refractivity contribution in [3.8, 4) is 0 Å². The molecule has 0 aliphatic heterocycles. The van der Waals surface area contributed by atoms with Crippen LogP contribution in [-0.2, 0) is 9.53 Å². The molecule has 0 saturated heterocycles. The van der Waals surface area contributed by atoms with Gasteiger partial charge in [0, 0.05) is 5.92 Å². The zero-order valence-corrected chi connectivity index (χ0v) is 11.1. The molecule has 1 aromatic rings. The van der Waals surface area contributed by atoms with Crippen LogP contribution < -0.4 is 5.32 Å². The van der Waals surface area contributed by atoms with E-state index in [1.165, 1.54) is 6.26 Å². The molecule has 0 bridgehead atoms. The molecule has 1 heterocycles. The third kappa shape index (κ3) is 4.24. The van der Waals surface area contributed by atoms with Crippen LogP contribution in [0.1, 0.15) is 39.5 Å². The molecule has 0 radical (unpaired) electrons. The molecule has 1 aromatic heterocycles. The van der Waals surface area contributed by atoms with E-state index in [0.717, 1.165) is 6.29 Å². The molecular formula is C13H19NO4. The van der Waals surface area contributed by atoms with Crippen molar-refractivity contribution in [3.63, 3.8) is 0 Å². The van der Waals surface area contributed by atoms with Gasteiger partial charge in [0.05, 0.1) is 12.3 Å². The molecule has 0 aliphatic carbocycles. The zero-order valence-electron chi connectivity index (χ0n) is 11.1. The molecule has 1 unspecified atom stereocenters. The maximum atomic E-state index is 11.7.